The minimum atomic E-state index is -0.730. The average molecular weight is 294 g/mol. The minimum Gasteiger partial charge on any atom is -0.299 e. The van der Waals surface area contributed by atoms with Gasteiger partial charge in [0.15, 0.2) is 0 Å². The first-order chi connectivity index (χ1) is 10.5. The SMILES string of the molecule is CC(=O)C1(C(C)=O)[C@H]2[C@@H](/C=C/c3ccc(C)cc3)C=CC[C@H]21. The van der Waals surface area contributed by atoms with Gasteiger partial charge in [-0.2, -0.15) is 0 Å². The molecule has 3 atom stereocenters. The van der Waals surface area contributed by atoms with E-state index in [1.807, 2.05) is 0 Å². The number of fused-ring (bicyclic) bond motifs is 1. The van der Waals surface area contributed by atoms with Gasteiger partial charge in [-0.3, -0.25) is 9.59 Å². The van der Waals surface area contributed by atoms with Crippen LogP contribution in [0.1, 0.15) is 31.4 Å². The lowest BCUT2D eigenvalue weighted by Gasteiger charge is -2.13. The maximum atomic E-state index is 12.1. The summed E-state index contributed by atoms with van der Waals surface area (Å²) in [6, 6.07) is 8.36. The standard InChI is InChI=1S/C20H22O2/c1-13-7-9-16(10-8-13)11-12-17-5-4-6-18-19(17)20(18,14(2)21)15(3)22/h4-5,7-12,17-19H,6H2,1-3H3/b12-11+/t17-,18-,19+/m1/s1. The summed E-state index contributed by atoms with van der Waals surface area (Å²) < 4.78 is 0. The molecule has 3 rings (SSSR count). The number of rotatable bonds is 4. The van der Waals surface area contributed by atoms with E-state index in [1.165, 1.54) is 5.56 Å². The lowest BCUT2D eigenvalue weighted by atomic mass is 9.88. The fourth-order valence-electron chi connectivity index (χ4n) is 4.22. The Morgan fingerprint density at radius 1 is 1.14 bits per heavy atom. The molecule has 1 aromatic rings. The van der Waals surface area contributed by atoms with Crippen LogP contribution < -0.4 is 0 Å². The van der Waals surface area contributed by atoms with Gasteiger partial charge in [0.2, 0.25) is 0 Å². The summed E-state index contributed by atoms with van der Waals surface area (Å²) in [4.78, 5) is 24.2. The van der Waals surface area contributed by atoms with Gasteiger partial charge in [-0.05, 0) is 50.5 Å². The first-order valence-corrected chi connectivity index (χ1v) is 7.91. The molecule has 0 aliphatic heterocycles. The first kappa shape index (κ1) is 15.0. The van der Waals surface area contributed by atoms with Crippen molar-refractivity contribution >= 4 is 17.6 Å². The molecule has 2 aliphatic rings. The molecule has 2 nitrogen and oxygen atoms in total. The number of ketones is 2. The lowest BCUT2D eigenvalue weighted by molar-refractivity contribution is -0.133. The molecule has 2 heteroatoms. The van der Waals surface area contributed by atoms with E-state index in [9.17, 15) is 9.59 Å². The third kappa shape index (κ3) is 2.18. The molecule has 0 aromatic heterocycles. The van der Waals surface area contributed by atoms with E-state index in [4.69, 9.17) is 0 Å². The fraction of sp³-hybridized carbons (Fsp3) is 0.400. The summed E-state index contributed by atoms with van der Waals surface area (Å²) in [5, 5.41) is 0. The molecule has 0 unspecified atom stereocenters. The highest BCUT2D eigenvalue weighted by molar-refractivity contribution is 6.09. The number of aryl methyl sites for hydroxylation is 1. The lowest BCUT2D eigenvalue weighted by Crippen LogP contribution is -2.26. The van der Waals surface area contributed by atoms with Crippen LogP contribution in [-0.2, 0) is 9.59 Å². The number of hydrogen-bond acceptors (Lipinski definition) is 2. The van der Waals surface area contributed by atoms with Gasteiger partial charge in [-0.25, -0.2) is 0 Å². The Labute approximate surface area is 131 Å². The van der Waals surface area contributed by atoms with E-state index in [-0.39, 0.29) is 29.3 Å². The van der Waals surface area contributed by atoms with E-state index in [0.717, 1.165) is 12.0 Å². The zero-order chi connectivity index (χ0) is 15.9. The van der Waals surface area contributed by atoms with Gasteiger partial charge in [0.1, 0.15) is 11.6 Å². The van der Waals surface area contributed by atoms with Crippen LogP contribution in [0.5, 0.6) is 0 Å². The molecule has 2 aliphatic carbocycles. The van der Waals surface area contributed by atoms with E-state index in [2.05, 4.69) is 55.5 Å². The summed E-state index contributed by atoms with van der Waals surface area (Å²) in [7, 11) is 0. The van der Waals surface area contributed by atoms with E-state index < -0.39 is 5.41 Å². The van der Waals surface area contributed by atoms with Crippen molar-refractivity contribution < 1.29 is 9.59 Å². The van der Waals surface area contributed by atoms with Gasteiger partial charge in [0, 0.05) is 0 Å². The van der Waals surface area contributed by atoms with Gasteiger partial charge in [-0.1, -0.05) is 54.1 Å². The Morgan fingerprint density at radius 2 is 1.77 bits per heavy atom. The molecule has 1 saturated carbocycles. The van der Waals surface area contributed by atoms with Gasteiger partial charge < -0.3 is 0 Å². The van der Waals surface area contributed by atoms with Gasteiger partial charge in [-0.15, -0.1) is 0 Å². The fourth-order valence-corrected chi connectivity index (χ4v) is 4.22. The number of benzene rings is 1. The predicted molar refractivity (Wildman–Crippen MR) is 88.2 cm³/mol. The highest BCUT2D eigenvalue weighted by Crippen LogP contribution is 2.67. The number of allylic oxidation sites excluding steroid dienone is 3. The van der Waals surface area contributed by atoms with Gasteiger partial charge in [0.05, 0.1) is 5.41 Å². The highest BCUT2D eigenvalue weighted by atomic mass is 16.2. The molecule has 0 bridgehead atoms. The van der Waals surface area contributed by atoms with Gasteiger partial charge >= 0.3 is 0 Å². The monoisotopic (exact) mass is 294 g/mol. The number of Topliss-reactive ketones (excluding diaryl/α,β-unsaturated/α-hetero) is 2. The maximum absolute atomic E-state index is 12.1. The highest BCUT2D eigenvalue weighted by Gasteiger charge is 2.72. The summed E-state index contributed by atoms with van der Waals surface area (Å²) in [6.07, 6.45) is 9.36. The second-order valence-corrected chi connectivity index (χ2v) is 6.62. The van der Waals surface area contributed by atoms with Crippen LogP contribution in [0, 0.1) is 30.1 Å². The quantitative estimate of drug-likeness (QED) is 0.621. The third-order valence-electron chi connectivity index (χ3n) is 5.35. The number of carbonyl (C=O) groups excluding carboxylic acids is 2. The van der Waals surface area contributed by atoms with E-state index >= 15 is 0 Å². The molecule has 22 heavy (non-hydrogen) atoms. The molecular formula is C20H22O2. The van der Waals surface area contributed by atoms with Crippen molar-refractivity contribution in [1.29, 1.82) is 0 Å². The van der Waals surface area contributed by atoms with E-state index in [0.29, 0.717) is 0 Å². The van der Waals surface area contributed by atoms with Crippen molar-refractivity contribution in [3.63, 3.8) is 0 Å². The van der Waals surface area contributed by atoms with Crippen LogP contribution in [0.4, 0.5) is 0 Å². The maximum Gasteiger partial charge on any atom is 0.143 e. The van der Waals surface area contributed by atoms with Crippen molar-refractivity contribution in [3.05, 3.63) is 53.6 Å². The largest absolute Gasteiger partial charge is 0.299 e. The molecule has 0 heterocycles. The van der Waals surface area contributed by atoms with Crippen LogP contribution >= 0.6 is 0 Å². The van der Waals surface area contributed by atoms with Crippen molar-refractivity contribution in [2.24, 2.45) is 23.2 Å². The molecular weight excluding hydrogens is 272 g/mol. The molecule has 0 amide bonds. The molecule has 0 N–H and O–H groups in total. The second kappa shape index (κ2) is 5.35. The molecule has 1 fully saturated rings. The minimum absolute atomic E-state index is 0.0347. The molecule has 1 aromatic carbocycles. The van der Waals surface area contributed by atoms with Crippen LogP contribution in [0.3, 0.4) is 0 Å². The summed E-state index contributed by atoms with van der Waals surface area (Å²) >= 11 is 0. The van der Waals surface area contributed by atoms with Gasteiger partial charge in [0.25, 0.3) is 0 Å². The molecule has 0 spiro atoms. The van der Waals surface area contributed by atoms with Crippen LogP contribution in [0.15, 0.2) is 42.5 Å². The Hall–Kier alpha value is -1.96. The van der Waals surface area contributed by atoms with E-state index in [1.54, 1.807) is 13.8 Å². The average Bonchev–Trinajstić information content (AvgIpc) is 3.18. The number of carbonyl (C=O) groups is 2. The molecule has 0 radical (unpaired) electrons. The zero-order valence-electron chi connectivity index (χ0n) is 13.4. The van der Waals surface area contributed by atoms with Crippen molar-refractivity contribution in [2.75, 3.05) is 0 Å². The van der Waals surface area contributed by atoms with Crippen LogP contribution in [-0.4, -0.2) is 11.6 Å². The zero-order valence-corrected chi connectivity index (χ0v) is 13.4. The summed E-state index contributed by atoms with van der Waals surface area (Å²) in [5.41, 5.74) is 1.66. The van der Waals surface area contributed by atoms with Crippen molar-refractivity contribution in [1.82, 2.24) is 0 Å². The Bertz CT molecular complexity index is 649. The van der Waals surface area contributed by atoms with Crippen LogP contribution in [0.2, 0.25) is 0 Å². The van der Waals surface area contributed by atoms with Crippen molar-refractivity contribution in [2.45, 2.75) is 27.2 Å². The Kier molecular flexibility index (Phi) is 3.64. The molecule has 0 saturated heterocycles. The smallest absolute Gasteiger partial charge is 0.143 e. The third-order valence-corrected chi connectivity index (χ3v) is 5.35. The summed E-state index contributed by atoms with van der Waals surface area (Å²) in [6.45, 7) is 5.21. The first-order valence-electron chi connectivity index (χ1n) is 7.91. The number of hydrogen-bond donors (Lipinski definition) is 0. The normalized spacial score (nSPS) is 28.4. The topological polar surface area (TPSA) is 34.1 Å². The Balaban J connectivity index is 1.84. The second-order valence-electron chi connectivity index (χ2n) is 6.62. The summed E-state index contributed by atoms with van der Waals surface area (Å²) in [5.74, 6) is 0.585. The predicted octanol–water partition coefficient (Wildman–Crippen LogP) is 3.99. The van der Waals surface area contributed by atoms with Crippen LogP contribution in [0.25, 0.3) is 6.08 Å². The van der Waals surface area contributed by atoms with Crippen molar-refractivity contribution in [3.8, 4) is 0 Å². The Morgan fingerprint density at radius 3 is 2.36 bits per heavy atom. The molecule has 114 valence electrons.